The Morgan fingerprint density at radius 2 is 2.00 bits per heavy atom. The lowest BCUT2D eigenvalue weighted by molar-refractivity contribution is 0.320. The molecule has 0 N–H and O–H groups in total. The maximum absolute atomic E-state index is 6.13. The van der Waals surface area contributed by atoms with Crippen molar-refractivity contribution in [2.45, 2.75) is 38.6 Å². The van der Waals surface area contributed by atoms with Gasteiger partial charge >= 0.3 is 0 Å². The Kier molecular flexibility index (Phi) is 4.10. The van der Waals surface area contributed by atoms with E-state index in [0.29, 0.717) is 17.0 Å². The van der Waals surface area contributed by atoms with Gasteiger partial charge in [0.05, 0.1) is 6.20 Å². The number of hydrogen-bond acceptors (Lipinski definition) is 3. The first-order chi connectivity index (χ1) is 8.09. The van der Waals surface area contributed by atoms with Gasteiger partial charge in [0.15, 0.2) is 5.82 Å². The second-order valence-corrected chi connectivity index (χ2v) is 5.50. The second-order valence-electron chi connectivity index (χ2n) is 4.75. The third kappa shape index (κ3) is 2.83. The summed E-state index contributed by atoms with van der Waals surface area (Å²) < 4.78 is 0. The molecule has 5 heteroatoms. The van der Waals surface area contributed by atoms with Crippen molar-refractivity contribution < 1.29 is 0 Å². The average molecular weight is 274 g/mol. The molecular formula is C12H17Cl2N3. The summed E-state index contributed by atoms with van der Waals surface area (Å²) in [7, 11) is 2.04. The first-order valence-electron chi connectivity index (χ1n) is 6.00. The minimum atomic E-state index is 0.250. The third-order valence-corrected chi connectivity index (χ3v) is 4.04. The molecule has 1 aliphatic rings. The molecule has 0 saturated heterocycles. The first-order valence-corrected chi connectivity index (χ1v) is 6.76. The molecule has 0 aromatic carbocycles. The topological polar surface area (TPSA) is 29.0 Å². The fraction of sp³-hybridized carbons (Fsp3) is 0.667. The van der Waals surface area contributed by atoms with Crippen LogP contribution in [0.15, 0.2) is 6.20 Å². The fourth-order valence-electron chi connectivity index (χ4n) is 2.61. The van der Waals surface area contributed by atoms with Crippen LogP contribution in [-0.2, 0) is 0 Å². The molecule has 1 saturated carbocycles. The van der Waals surface area contributed by atoms with E-state index in [2.05, 4.69) is 21.8 Å². The van der Waals surface area contributed by atoms with E-state index in [4.69, 9.17) is 23.2 Å². The SMILES string of the molecule is CC1CCCCC1N(C)c1nc(Cl)ncc1Cl. The van der Waals surface area contributed by atoms with Gasteiger partial charge in [-0.05, 0) is 30.4 Å². The van der Waals surface area contributed by atoms with Crippen molar-refractivity contribution in [1.29, 1.82) is 0 Å². The minimum absolute atomic E-state index is 0.250. The number of nitrogens with zero attached hydrogens (tertiary/aromatic N) is 3. The Labute approximate surface area is 112 Å². The summed E-state index contributed by atoms with van der Waals surface area (Å²) >= 11 is 12.0. The number of rotatable bonds is 2. The predicted molar refractivity (Wildman–Crippen MR) is 71.9 cm³/mol. The Morgan fingerprint density at radius 3 is 2.71 bits per heavy atom. The Bertz CT molecular complexity index is 397. The molecule has 3 nitrogen and oxygen atoms in total. The Balaban J connectivity index is 2.23. The molecule has 1 aromatic heterocycles. The molecule has 1 fully saturated rings. The second kappa shape index (κ2) is 5.40. The van der Waals surface area contributed by atoms with Crippen LogP contribution in [0, 0.1) is 5.92 Å². The standard InChI is InChI=1S/C12H17Cl2N3/c1-8-5-3-4-6-10(8)17(2)11-9(13)7-15-12(14)16-11/h7-8,10H,3-6H2,1-2H3. The highest BCUT2D eigenvalue weighted by atomic mass is 35.5. The molecule has 2 unspecified atom stereocenters. The van der Waals surface area contributed by atoms with Crippen molar-refractivity contribution in [2.24, 2.45) is 5.92 Å². The van der Waals surface area contributed by atoms with E-state index in [1.165, 1.54) is 25.7 Å². The van der Waals surface area contributed by atoms with Crippen molar-refractivity contribution >= 4 is 29.0 Å². The molecular weight excluding hydrogens is 257 g/mol. The summed E-state index contributed by atoms with van der Waals surface area (Å²) in [5.74, 6) is 1.41. The van der Waals surface area contributed by atoms with Gasteiger partial charge in [0.1, 0.15) is 5.02 Å². The van der Waals surface area contributed by atoms with E-state index in [9.17, 15) is 0 Å². The van der Waals surface area contributed by atoms with Crippen LogP contribution in [0.3, 0.4) is 0 Å². The van der Waals surface area contributed by atoms with Gasteiger partial charge in [-0.15, -0.1) is 0 Å². The highest BCUT2D eigenvalue weighted by Crippen LogP contribution is 2.32. The molecule has 0 spiro atoms. The summed E-state index contributed by atoms with van der Waals surface area (Å²) in [6.07, 6.45) is 6.62. The largest absolute Gasteiger partial charge is 0.355 e. The number of hydrogen-bond donors (Lipinski definition) is 0. The zero-order valence-electron chi connectivity index (χ0n) is 10.2. The lowest BCUT2D eigenvalue weighted by atomic mass is 9.85. The van der Waals surface area contributed by atoms with Crippen LogP contribution < -0.4 is 4.90 Å². The molecule has 94 valence electrons. The zero-order valence-corrected chi connectivity index (χ0v) is 11.7. The van der Waals surface area contributed by atoms with Gasteiger partial charge in [0.25, 0.3) is 0 Å². The maximum atomic E-state index is 6.13. The Hall–Kier alpha value is -0.540. The van der Waals surface area contributed by atoms with Crippen LogP contribution in [0.1, 0.15) is 32.6 Å². The van der Waals surface area contributed by atoms with Crippen molar-refractivity contribution in [3.63, 3.8) is 0 Å². The van der Waals surface area contributed by atoms with Gasteiger partial charge < -0.3 is 4.90 Å². The van der Waals surface area contributed by atoms with Gasteiger partial charge in [-0.3, -0.25) is 0 Å². The van der Waals surface area contributed by atoms with Crippen LogP contribution in [0.2, 0.25) is 10.3 Å². The summed E-state index contributed by atoms with van der Waals surface area (Å²) in [6.45, 7) is 2.29. The van der Waals surface area contributed by atoms with E-state index in [0.717, 1.165) is 5.82 Å². The predicted octanol–water partition coefficient (Wildman–Crippen LogP) is 3.80. The molecule has 1 aliphatic carbocycles. The van der Waals surface area contributed by atoms with Gasteiger partial charge in [-0.25, -0.2) is 4.98 Å². The highest BCUT2D eigenvalue weighted by Gasteiger charge is 2.27. The summed E-state index contributed by atoms with van der Waals surface area (Å²) in [6, 6.07) is 0.493. The van der Waals surface area contributed by atoms with Gasteiger partial charge in [-0.2, -0.15) is 4.98 Å². The Morgan fingerprint density at radius 1 is 1.29 bits per heavy atom. The molecule has 0 aliphatic heterocycles. The van der Waals surface area contributed by atoms with Gasteiger partial charge in [-0.1, -0.05) is 31.4 Å². The monoisotopic (exact) mass is 273 g/mol. The summed E-state index contributed by atoms with van der Waals surface area (Å²) in [5.41, 5.74) is 0. The highest BCUT2D eigenvalue weighted by molar-refractivity contribution is 6.33. The molecule has 1 aromatic rings. The smallest absolute Gasteiger partial charge is 0.224 e. The lowest BCUT2D eigenvalue weighted by Crippen LogP contribution is -2.39. The number of halogens is 2. The van der Waals surface area contributed by atoms with Crippen LogP contribution in [0.25, 0.3) is 0 Å². The molecule has 2 rings (SSSR count). The quantitative estimate of drug-likeness (QED) is 0.768. The van der Waals surface area contributed by atoms with E-state index in [-0.39, 0.29) is 5.28 Å². The first kappa shape index (κ1) is 12.9. The third-order valence-electron chi connectivity index (χ3n) is 3.59. The molecule has 0 amide bonds. The number of anilines is 1. The lowest BCUT2D eigenvalue weighted by Gasteiger charge is -2.37. The van der Waals surface area contributed by atoms with Crippen molar-refractivity contribution in [1.82, 2.24) is 9.97 Å². The van der Waals surface area contributed by atoms with Crippen LogP contribution in [0.4, 0.5) is 5.82 Å². The van der Waals surface area contributed by atoms with Crippen LogP contribution in [-0.4, -0.2) is 23.1 Å². The molecule has 17 heavy (non-hydrogen) atoms. The molecule has 1 heterocycles. The molecule has 0 radical (unpaired) electrons. The van der Waals surface area contributed by atoms with E-state index >= 15 is 0 Å². The molecule has 2 atom stereocenters. The van der Waals surface area contributed by atoms with E-state index in [1.807, 2.05) is 7.05 Å². The summed E-state index contributed by atoms with van der Waals surface area (Å²) in [5, 5.41) is 0.814. The van der Waals surface area contributed by atoms with Crippen molar-refractivity contribution in [2.75, 3.05) is 11.9 Å². The van der Waals surface area contributed by atoms with Crippen LogP contribution >= 0.6 is 23.2 Å². The maximum Gasteiger partial charge on any atom is 0.224 e. The van der Waals surface area contributed by atoms with E-state index in [1.54, 1.807) is 6.20 Å². The zero-order chi connectivity index (χ0) is 12.4. The van der Waals surface area contributed by atoms with Gasteiger partial charge in [0.2, 0.25) is 5.28 Å². The number of aromatic nitrogens is 2. The van der Waals surface area contributed by atoms with Crippen molar-refractivity contribution in [3.8, 4) is 0 Å². The average Bonchev–Trinajstić information content (AvgIpc) is 2.32. The van der Waals surface area contributed by atoms with Gasteiger partial charge in [0, 0.05) is 13.1 Å². The minimum Gasteiger partial charge on any atom is -0.355 e. The normalized spacial score (nSPS) is 24.7. The van der Waals surface area contributed by atoms with E-state index < -0.39 is 0 Å². The van der Waals surface area contributed by atoms with Crippen molar-refractivity contribution in [3.05, 3.63) is 16.5 Å². The molecule has 0 bridgehead atoms. The van der Waals surface area contributed by atoms with Crippen LogP contribution in [0.5, 0.6) is 0 Å². The fourth-order valence-corrected chi connectivity index (χ4v) is 2.97. The summed E-state index contributed by atoms with van der Waals surface area (Å²) in [4.78, 5) is 10.3.